The van der Waals surface area contributed by atoms with Crippen molar-refractivity contribution >= 4 is 11.3 Å². The highest BCUT2D eigenvalue weighted by atomic mass is 32.1. The van der Waals surface area contributed by atoms with Crippen LogP contribution in [0.1, 0.15) is 24.3 Å². The molecule has 4 heteroatoms. The predicted molar refractivity (Wildman–Crippen MR) is 66.5 cm³/mol. The molecule has 0 aromatic carbocycles. The van der Waals surface area contributed by atoms with Crippen LogP contribution in [-0.4, -0.2) is 24.6 Å². The highest BCUT2D eigenvalue weighted by Crippen LogP contribution is 2.58. The fourth-order valence-corrected chi connectivity index (χ4v) is 3.54. The third-order valence-corrected chi connectivity index (χ3v) is 4.89. The fraction of sp³-hybridized carbons (Fsp3) is 0.750. The molecule has 1 atom stereocenters. The molecule has 1 aromatic rings. The Bertz CT molecular complexity index is 330. The van der Waals surface area contributed by atoms with Gasteiger partial charge in [0, 0.05) is 18.1 Å². The van der Waals surface area contributed by atoms with E-state index < -0.39 is 0 Å². The minimum Gasteiger partial charge on any atom is -0.317 e. The molecule has 16 heavy (non-hydrogen) atoms. The van der Waals surface area contributed by atoms with Crippen LogP contribution in [0.15, 0.2) is 11.6 Å². The molecular formula is C12H19N3S. The van der Waals surface area contributed by atoms with Crippen molar-refractivity contribution < 1.29 is 0 Å². The van der Waals surface area contributed by atoms with Gasteiger partial charge in [0.05, 0.1) is 0 Å². The average Bonchev–Trinajstić information content (AvgIpc) is 2.78. The summed E-state index contributed by atoms with van der Waals surface area (Å²) in [6, 6.07) is 0. The summed E-state index contributed by atoms with van der Waals surface area (Å²) in [6.45, 7) is 4.58. The summed E-state index contributed by atoms with van der Waals surface area (Å²) < 4.78 is 0. The zero-order valence-electron chi connectivity index (χ0n) is 9.54. The SMILES string of the molecule is c1csc(CNCC2CC23CCNCC3)n1. The predicted octanol–water partition coefficient (Wildman–Crippen LogP) is 1.62. The highest BCUT2D eigenvalue weighted by molar-refractivity contribution is 7.09. The van der Waals surface area contributed by atoms with Crippen LogP contribution in [0.4, 0.5) is 0 Å². The molecule has 0 bridgehead atoms. The summed E-state index contributed by atoms with van der Waals surface area (Å²) in [5.74, 6) is 0.926. The van der Waals surface area contributed by atoms with Crippen molar-refractivity contribution in [2.45, 2.75) is 25.8 Å². The first-order valence-electron chi connectivity index (χ1n) is 6.19. The monoisotopic (exact) mass is 237 g/mol. The Morgan fingerprint density at radius 1 is 1.50 bits per heavy atom. The molecule has 2 aliphatic rings. The van der Waals surface area contributed by atoms with Crippen LogP contribution >= 0.6 is 11.3 Å². The topological polar surface area (TPSA) is 37.0 Å². The minimum absolute atomic E-state index is 0.709. The van der Waals surface area contributed by atoms with Crippen LogP contribution in [0, 0.1) is 11.3 Å². The van der Waals surface area contributed by atoms with Crippen molar-refractivity contribution in [3.63, 3.8) is 0 Å². The summed E-state index contributed by atoms with van der Waals surface area (Å²) in [5, 5.41) is 10.3. The van der Waals surface area contributed by atoms with Crippen molar-refractivity contribution in [3.05, 3.63) is 16.6 Å². The van der Waals surface area contributed by atoms with Gasteiger partial charge in [0.15, 0.2) is 0 Å². The minimum atomic E-state index is 0.709. The molecule has 2 heterocycles. The molecule has 3 rings (SSSR count). The highest BCUT2D eigenvalue weighted by Gasteiger charge is 2.52. The molecule has 3 nitrogen and oxygen atoms in total. The van der Waals surface area contributed by atoms with E-state index in [0.717, 1.165) is 12.5 Å². The van der Waals surface area contributed by atoms with Crippen LogP contribution in [0.25, 0.3) is 0 Å². The molecular weight excluding hydrogens is 218 g/mol. The number of nitrogens with zero attached hydrogens (tertiary/aromatic N) is 1. The molecule has 1 saturated heterocycles. The van der Waals surface area contributed by atoms with E-state index in [1.165, 1.54) is 43.9 Å². The van der Waals surface area contributed by atoms with Crippen LogP contribution < -0.4 is 10.6 Å². The average molecular weight is 237 g/mol. The number of hydrogen-bond donors (Lipinski definition) is 2. The van der Waals surface area contributed by atoms with Gasteiger partial charge in [-0.05, 0) is 50.2 Å². The van der Waals surface area contributed by atoms with Gasteiger partial charge in [-0.25, -0.2) is 4.98 Å². The van der Waals surface area contributed by atoms with E-state index in [4.69, 9.17) is 0 Å². The second-order valence-corrected chi connectivity index (χ2v) is 6.05. The normalized spacial score (nSPS) is 27.1. The van der Waals surface area contributed by atoms with Crippen molar-refractivity contribution in [1.82, 2.24) is 15.6 Å². The molecule has 1 unspecified atom stereocenters. The van der Waals surface area contributed by atoms with E-state index in [-0.39, 0.29) is 0 Å². The first-order chi connectivity index (χ1) is 7.89. The van der Waals surface area contributed by atoms with Crippen LogP contribution in [0.5, 0.6) is 0 Å². The van der Waals surface area contributed by atoms with Crippen molar-refractivity contribution in [3.8, 4) is 0 Å². The number of nitrogens with one attached hydrogen (secondary N) is 2. The molecule has 1 saturated carbocycles. The Hall–Kier alpha value is -0.450. The molecule has 1 aromatic heterocycles. The Morgan fingerprint density at radius 2 is 2.38 bits per heavy atom. The van der Waals surface area contributed by atoms with Gasteiger partial charge in [0.2, 0.25) is 0 Å². The lowest BCUT2D eigenvalue weighted by molar-refractivity contribution is 0.319. The summed E-state index contributed by atoms with van der Waals surface area (Å²) in [6.07, 6.45) is 6.10. The second kappa shape index (κ2) is 4.43. The zero-order chi connectivity index (χ0) is 10.8. The van der Waals surface area contributed by atoms with Crippen LogP contribution in [-0.2, 0) is 6.54 Å². The third kappa shape index (κ3) is 2.14. The molecule has 2 N–H and O–H groups in total. The Kier molecular flexibility index (Phi) is 2.96. The van der Waals surface area contributed by atoms with Gasteiger partial charge >= 0.3 is 0 Å². The lowest BCUT2D eigenvalue weighted by Gasteiger charge is -2.23. The lowest BCUT2D eigenvalue weighted by Crippen LogP contribution is -2.31. The Morgan fingerprint density at radius 3 is 3.12 bits per heavy atom. The maximum absolute atomic E-state index is 4.28. The van der Waals surface area contributed by atoms with Gasteiger partial charge in [0.1, 0.15) is 5.01 Å². The molecule has 1 aliphatic heterocycles. The number of hydrogen-bond acceptors (Lipinski definition) is 4. The number of rotatable bonds is 4. The summed E-state index contributed by atoms with van der Waals surface area (Å²) in [7, 11) is 0. The maximum atomic E-state index is 4.28. The molecule has 0 amide bonds. The number of thiazole rings is 1. The standard InChI is InChI=1S/C12H19N3S/c1-3-13-4-2-12(1)7-10(12)8-14-9-11-15-5-6-16-11/h5-6,10,13-14H,1-4,7-9H2. The summed E-state index contributed by atoms with van der Waals surface area (Å²) in [4.78, 5) is 4.28. The van der Waals surface area contributed by atoms with Crippen molar-refractivity contribution in [1.29, 1.82) is 0 Å². The molecule has 0 radical (unpaired) electrons. The van der Waals surface area contributed by atoms with Crippen molar-refractivity contribution in [2.75, 3.05) is 19.6 Å². The van der Waals surface area contributed by atoms with E-state index in [9.17, 15) is 0 Å². The first kappa shape index (κ1) is 10.7. The van der Waals surface area contributed by atoms with E-state index in [0.29, 0.717) is 5.41 Å². The van der Waals surface area contributed by atoms with E-state index in [1.54, 1.807) is 11.3 Å². The van der Waals surface area contributed by atoms with E-state index in [2.05, 4.69) is 15.6 Å². The molecule has 2 fully saturated rings. The van der Waals surface area contributed by atoms with Gasteiger partial charge in [0.25, 0.3) is 0 Å². The Labute approximate surface area is 101 Å². The zero-order valence-corrected chi connectivity index (χ0v) is 10.4. The van der Waals surface area contributed by atoms with E-state index >= 15 is 0 Å². The van der Waals surface area contributed by atoms with Crippen LogP contribution in [0.3, 0.4) is 0 Å². The Balaban J connectivity index is 1.41. The lowest BCUT2D eigenvalue weighted by atomic mass is 9.92. The largest absolute Gasteiger partial charge is 0.317 e. The van der Waals surface area contributed by atoms with Crippen molar-refractivity contribution in [2.24, 2.45) is 11.3 Å². The first-order valence-corrected chi connectivity index (χ1v) is 7.07. The van der Waals surface area contributed by atoms with Gasteiger partial charge in [-0.1, -0.05) is 0 Å². The van der Waals surface area contributed by atoms with Crippen LogP contribution in [0.2, 0.25) is 0 Å². The van der Waals surface area contributed by atoms with E-state index in [1.807, 2.05) is 11.6 Å². The van der Waals surface area contributed by atoms with Gasteiger partial charge in [-0.2, -0.15) is 0 Å². The van der Waals surface area contributed by atoms with Gasteiger partial charge in [-0.15, -0.1) is 11.3 Å². The maximum Gasteiger partial charge on any atom is 0.106 e. The van der Waals surface area contributed by atoms with Gasteiger partial charge in [-0.3, -0.25) is 0 Å². The van der Waals surface area contributed by atoms with Gasteiger partial charge < -0.3 is 10.6 Å². The third-order valence-electron chi connectivity index (χ3n) is 4.11. The fourth-order valence-electron chi connectivity index (χ4n) is 2.95. The number of piperidine rings is 1. The molecule has 1 aliphatic carbocycles. The number of aromatic nitrogens is 1. The molecule has 1 spiro atoms. The molecule has 88 valence electrons. The summed E-state index contributed by atoms with van der Waals surface area (Å²) >= 11 is 1.74. The summed E-state index contributed by atoms with van der Waals surface area (Å²) in [5.41, 5.74) is 0.709. The second-order valence-electron chi connectivity index (χ2n) is 5.07. The quantitative estimate of drug-likeness (QED) is 0.835. The smallest absolute Gasteiger partial charge is 0.106 e.